The monoisotopic (exact) mass is 368 g/mol. The molecule has 2 atom stereocenters. The summed E-state index contributed by atoms with van der Waals surface area (Å²) in [6, 6.07) is 9.46. The van der Waals surface area contributed by atoms with E-state index in [2.05, 4.69) is 17.2 Å². The summed E-state index contributed by atoms with van der Waals surface area (Å²) in [4.78, 5) is 16.7. The smallest absolute Gasteiger partial charge is 0.251 e. The minimum Gasteiger partial charge on any atom is -0.490 e. The van der Waals surface area contributed by atoms with Crippen molar-refractivity contribution in [3.63, 3.8) is 0 Å². The Labute approximate surface area is 161 Å². The molecule has 0 radical (unpaired) electrons. The molecule has 1 aliphatic rings. The summed E-state index contributed by atoms with van der Waals surface area (Å²) in [6.45, 7) is 5.07. The van der Waals surface area contributed by atoms with Crippen LogP contribution < -0.4 is 14.8 Å². The topological polar surface area (TPSA) is 60.5 Å². The molecule has 2 aromatic rings. The number of nitrogens with zero attached hydrogens (tertiary/aromatic N) is 1. The number of carbonyl (C=O) groups excluding carboxylic acids is 1. The van der Waals surface area contributed by atoms with Gasteiger partial charge in [-0.15, -0.1) is 0 Å². The van der Waals surface area contributed by atoms with Crippen LogP contribution in [0.15, 0.2) is 42.7 Å². The fourth-order valence-electron chi connectivity index (χ4n) is 3.46. The lowest BCUT2D eigenvalue weighted by molar-refractivity contribution is 0.0909. The van der Waals surface area contributed by atoms with E-state index in [-0.39, 0.29) is 11.9 Å². The molecule has 1 fully saturated rings. The van der Waals surface area contributed by atoms with Crippen LogP contribution in [-0.4, -0.2) is 23.5 Å². The van der Waals surface area contributed by atoms with Crippen molar-refractivity contribution in [3.05, 3.63) is 53.9 Å². The van der Waals surface area contributed by atoms with E-state index in [1.165, 1.54) is 19.3 Å². The van der Waals surface area contributed by atoms with Crippen molar-refractivity contribution >= 4 is 5.91 Å². The molecule has 1 amide bonds. The second-order valence-electron chi connectivity index (χ2n) is 7.08. The van der Waals surface area contributed by atoms with E-state index in [9.17, 15) is 4.79 Å². The molecule has 1 heterocycles. The van der Waals surface area contributed by atoms with Gasteiger partial charge in [-0.1, -0.05) is 19.8 Å². The highest BCUT2D eigenvalue weighted by Gasteiger charge is 2.23. The summed E-state index contributed by atoms with van der Waals surface area (Å²) in [5.41, 5.74) is 1.63. The molecule has 1 aromatic heterocycles. The Bertz CT molecular complexity index is 748. The summed E-state index contributed by atoms with van der Waals surface area (Å²) in [7, 11) is 0. The van der Waals surface area contributed by atoms with Crippen molar-refractivity contribution in [2.75, 3.05) is 6.61 Å². The molecule has 3 rings (SSSR count). The Hall–Kier alpha value is -2.56. The van der Waals surface area contributed by atoms with Gasteiger partial charge in [0, 0.05) is 24.0 Å². The number of rotatable bonds is 7. The first-order valence-corrected chi connectivity index (χ1v) is 9.76. The highest BCUT2D eigenvalue weighted by atomic mass is 16.5. The van der Waals surface area contributed by atoms with E-state index < -0.39 is 0 Å². The van der Waals surface area contributed by atoms with Gasteiger partial charge in [0.1, 0.15) is 6.61 Å². The highest BCUT2D eigenvalue weighted by Crippen LogP contribution is 2.30. The van der Waals surface area contributed by atoms with Crippen LogP contribution in [0.4, 0.5) is 0 Å². The van der Waals surface area contributed by atoms with Crippen LogP contribution in [0.1, 0.15) is 55.5 Å². The van der Waals surface area contributed by atoms with Crippen LogP contribution in [-0.2, 0) is 6.61 Å². The summed E-state index contributed by atoms with van der Waals surface area (Å²) < 4.78 is 11.6. The number of hydrogen-bond acceptors (Lipinski definition) is 4. The van der Waals surface area contributed by atoms with E-state index in [4.69, 9.17) is 9.47 Å². The maximum Gasteiger partial charge on any atom is 0.251 e. The summed E-state index contributed by atoms with van der Waals surface area (Å²) >= 11 is 0. The number of aromatic nitrogens is 1. The van der Waals surface area contributed by atoms with Crippen LogP contribution in [0.2, 0.25) is 0 Å². The molecule has 1 N–H and O–H groups in total. The Balaban J connectivity index is 1.69. The minimum atomic E-state index is -0.0459. The zero-order valence-electron chi connectivity index (χ0n) is 16.1. The highest BCUT2D eigenvalue weighted by molar-refractivity contribution is 5.95. The maximum absolute atomic E-state index is 12.7. The largest absolute Gasteiger partial charge is 0.490 e. The van der Waals surface area contributed by atoms with Gasteiger partial charge in [0.15, 0.2) is 11.5 Å². The Morgan fingerprint density at radius 3 is 2.63 bits per heavy atom. The van der Waals surface area contributed by atoms with Crippen LogP contribution in [0, 0.1) is 5.92 Å². The van der Waals surface area contributed by atoms with Gasteiger partial charge in [-0.3, -0.25) is 9.78 Å². The molecule has 1 saturated carbocycles. The first-order valence-electron chi connectivity index (χ1n) is 9.76. The minimum absolute atomic E-state index is 0.0459. The van der Waals surface area contributed by atoms with Gasteiger partial charge < -0.3 is 14.8 Å². The second kappa shape index (κ2) is 9.40. The third-order valence-corrected chi connectivity index (χ3v) is 5.08. The quantitative estimate of drug-likeness (QED) is 0.788. The molecular formula is C22H28N2O3. The van der Waals surface area contributed by atoms with E-state index in [0.29, 0.717) is 36.2 Å². The van der Waals surface area contributed by atoms with Gasteiger partial charge in [0.05, 0.1) is 6.61 Å². The van der Waals surface area contributed by atoms with Gasteiger partial charge >= 0.3 is 0 Å². The van der Waals surface area contributed by atoms with Gasteiger partial charge in [0.2, 0.25) is 0 Å². The van der Waals surface area contributed by atoms with Gasteiger partial charge in [-0.05, 0) is 61.6 Å². The van der Waals surface area contributed by atoms with Crippen molar-refractivity contribution in [1.82, 2.24) is 10.3 Å². The summed E-state index contributed by atoms with van der Waals surface area (Å²) in [5, 5.41) is 3.19. The average molecular weight is 368 g/mol. The van der Waals surface area contributed by atoms with Crippen molar-refractivity contribution in [1.29, 1.82) is 0 Å². The lowest BCUT2D eigenvalue weighted by Crippen LogP contribution is -2.41. The van der Waals surface area contributed by atoms with Crippen LogP contribution in [0.5, 0.6) is 11.5 Å². The summed E-state index contributed by atoms with van der Waals surface area (Å²) in [5.74, 6) is 1.71. The molecule has 27 heavy (non-hydrogen) atoms. The lowest BCUT2D eigenvalue weighted by Gasteiger charge is -2.29. The molecule has 0 spiro atoms. The zero-order chi connectivity index (χ0) is 19.1. The molecule has 5 nitrogen and oxygen atoms in total. The van der Waals surface area contributed by atoms with Crippen molar-refractivity contribution < 1.29 is 14.3 Å². The van der Waals surface area contributed by atoms with E-state index in [1.807, 2.05) is 25.1 Å². The van der Waals surface area contributed by atoms with Gasteiger partial charge in [-0.25, -0.2) is 0 Å². The van der Waals surface area contributed by atoms with E-state index in [1.54, 1.807) is 24.5 Å². The standard InChI is InChI=1S/C22H28N2O3/c1-3-26-21-14-18(22(25)24-19-7-5-4-6-16(19)2)8-9-20(21)27-15-17-10-12-23-13-11-17/h8-14,16,19H,3-7,15H2,1-2H3,(H,24,25)/t16-,19-/m0/s1. The van der Waals surface area contributed by atoms with Gasteiger partial charge in [-0.2, -0.15) is 0 Å². The number of amides is 1. The number of carbonyl (C=O) groups is 1. The zero-order valence-corrected chi connectivity index (χ0v) is 16.1. The number of ether oxygens (including phenoxy) is 2. The SMILES string of the molecule is CCOc1cc(C(=O)N[C@H]2CCCC[C@@H]2C)ccc1OCc1ccncc1. The maximum atomic E-state index is 12.7. The normalized spacial score (nSPS) is 19.3. The second-order valence-corrected chi connectivity index (χ2v) is 7.08. The van der Waals surface area contributed by atoms with Crippen LogP contribution >= 0.6 is 0 Å². The Morgan fingerprint density at radius 1 is 1.11 bits per heavy atom. The number of benzene rings is 1. The predicted molar refractivity (Wildman–Crippen MR) is 105 cm³/mol. The number of pyridine rings is 1. The van der Waals surface area contributed by atoms with Crippen molar-refractivity contribution in [2.24, 2.45) is 5.92 Å². The average Bonchev–Trinajstić information content (AvgIpc) is 2.69. The molecule has 0 saturated heterocycles. The van der Waals surface area contributed by atoms with Crippen molar-refractivity contribution in [3.8, 4) is 11.5 Å². The summed E-state index contributed by atoms with van der Waals surface area (Å²) in [6.07, 6.45) is 8.14. The van der Waals surface area contributed by atoms with Crippen LogP contribution in [0.3, 0.4) is 0 Å². The third-order valence-electron chi connectivity index (χ3n) is 5.08. The Morgan fingerprint density at radius 2 is 1.89 bits per heavy atom. The molecule has 144 valence electrons. The number of hydrogen-bond donors (Lipinski definition) is 1. The molecule has 1 aromatic carbocycles. The van der Waals surface area contributed by atoms with E-state index >= 15 is 0 Å². The van der Waals surface area contributed by atoms with Crippen LogP contribution in [0.25, 0.3) is 0 Å². The van der Waals surface area contributed by atoms with Crippen molar-refractivity contribution in [2.45, 2.75) is 52.2 Å². The molecule has 0 aliphatic heterocycles. The first-order chi connectivity index (χ1) is 13.2. The van der Waals surface area contributed by atoms with E-state index in [0.717, 1.165) is 12.0 Å². The lowest BCUT2D eigenvalue weighted by atomic mass is 9.86. The Kier molecular flexibility index (Phi) is 6.69. The molecular weight excluding hydrogens is 340 g/mol. The number of nitrogens with one attached hydrogen (secondary N) is 1. The molecule has 0 unspecified atom stereocenters. The van der Waals surface area contributed by atoms with Gasteiger partial charge in [0.25, 0.3) is 5.91 Å². The fourth-order valence-corrected chi connectivity index (χ4v) is 3.46. The predicted octanol–water partition coefficient (Wildman–Crippen LogP) is 4.37. The molecule has 1 aliphatic carbocycles. The fraction of sp³-hybridized carbons (Fsp3) is 0.455. The molecule has 0 bridgehead atoms. The first kappa shape index (κ1) is 19.2. The third kappa shape index (κ3) is 5.22. The molecule has 5 heteroatoms.